The number of phenols is 1. The van der Waals surface area contributed by atoms with Gasteiger partial charge in [-0.25, -0.2) is 0 Å². The summed E-state index contributed by atoms with van der Waals surface area (Å²) in [6, 6.07) is 12.1. The van der Waals surface area contributed by atoms with Crippen molar-refractivity contribution in [2.45, 2.75) is 25.8 Å². The van der Waals surface area contributed by atoms with E-state index in [2.05, 4.69) is 0 Å². The number of benzene rings is 2. The molecule has 1 unspecified atom stereocenters. The van der Waals surface area contributed by atoms with Gasteiger partial charge in [0.2, 0.25) is 5.78 Å². The zero-order valence-corrected chi connectivity index (χ0v) is 18.8. The Labute approximate surface area is 188 Å². The van der Waals surface area contributed by atoms with Crippen LogP contribution in [0.25, 0.3) is 5.76 Å². The number of ketones is 1. The van der Waals surface area contributed by atoms with Gasteiger partial charge in [-0.1, -0.05) is 36.9 Å². The van der Waals surface area contributed by atoms with E-state index in [0.29, 0.717) is 36.4 Å². The maximum Gasteiger partial charge on any atom is 0.295 e. The van der Waals surface area contributed by atoms with E-state index in [9.17, 15) is 19.8 Å². The molecule has 0 radical (unpaired) electrons. The van der Waals surface area contributed by atoms with Crippen molar-refractivity contribution in [3.8, 4) is 11.5 Å². The molecule has 1 atom stereocenters. The lowest BCUT2D eigenvalue weighted by molar-refractivity contribution is -0.858. The lowest BCUT2D eigenvalue weighted by atomic mass is 9.95. The molecular weight excluding hydrogens is 408 g/mol. The number of aromatic hydroxyl groups is 1. The Morgan fingerprint density at radius 1 is 1.09 bits per heavy atom. The number of nitrogens with one attached hydrogen (secondary N) is 1. The molecule has 1 heterocycles. The second kappa shape index (κ2) is 10.3. The normalized spacial score (nSPS) is 17.9. The fourth-order valence-electron chi connectivity index (χ4n) is 3.78. The predicted molar refractivity (Wildman–Crippen MR) is 119 cm³/mol. The lowest BCUT2D eigenvalue weighted by Gasteiger charge is -2.27. The fourth-order valence-corrected chi connectivity index (χ4v) is 3.78. The van der Waals surface area contributed by atoms with Crippen molar-refractivity contribution < 1.29 is 29.4 Å². The van der Waals surface area contributed by atoms with Crippen LogP contribution >= 0.6 is 0 Å². The van der Waals surface area contributed by atoms with Gasteiger partial charge in [0.15, 0.2) is 0 Å². The summed E-state index contributed by atoms with van der Waals surface area (Å²) in [6.45, 7) is 3.77. The number of carbonyl (C=O) groups is 2. The van der Waals surface area contributed by atoms with Gasteiger partial charge < -0.3 is 24.7 Å². The molecular formula is C25H30N2O5. The summed E-state index contributed by atoms with van der Waals surface area (Å²) in [5, 5.41) is 23.1. The summed E-state index contributed by atoms with van der Waals surface area (Å²) in [4.78, 5) is 28.5. The Kier molecular flexibility index (Phi) is 7.53. The third-order valence-corrected chi connectivity index (χ3v) is 5.40. The fraction of sp³-hybridized carbons (Fsp3) is 0.360. The van der Waals surface area contributed by atoms with E-state index >= 15 is 0 Å². The summed E-state index contributed by atoms with van der Waals surface area (Å²) in [6.07, 6.45) is 1.57. The summed E-state index contributed by atoms with van der Waals surface area (Å²) in [5.41, 5.74) is 0.888. The number of hydrogen-bond donors (Lipinski definition) is 2. The first-order valence-electron chi connectivity index (χ1n) is 10.9. The Morgan fingerprint density at radius 3 is 2.34 bits per heavy atom. The maximum absolute atomic E-state index is 13.4. The summed E-state index contributed by atoms with van der Waals surface area (Å²) >= 11 is 0. The third-order valence-electron chi connectivity index (χ3n) is 5.40. The largest absolute Gasteiger partial charge is 0.872 e. The average Bonchev–Trinajstić information content (AvgIpc) is 3.03. The number of quaternary nitrogens is 1. The van der Waals surface area contributed by atoms with Gasteiger partial charge in [0, 0.05) is 18.5 Å². The lowest BCUT2D eigenvalue weighted by Crippen LogP contribution is -3.05. The van der Waals surface area contributed by atoms with Crippen molar-refractivity contribution in [1.29, 1.82) is 0 Å². The molecule has 170 valence electrons. The van der Waals surface area contributed by atoms with Gasteiger partial charge in [0.1, 0.15) is 11.5 Å². The van der Waals surface area contributed by atoms with E-state index in [-0.39, 0.29) is 11.3 Å². The second-order valence-corrected chi connectivity index (χ2v) is 8.25. The van der Waals surface area contributed by atoms with Crippen molar-refractivity contribution in [3.05, 3.63) is 65.2 Å². The van der Waals surface area contributed by atoms with Gasteiger partial charge in [-0.15, -0.1) is 0 Å². The van der Waals surface area contributed by atoms with E-state index < -0.39 is 23.5 Å². The van der Waals surface area contributed by atoms with Crippen LogP contribution < -0.4 is 14.7 Å². The molecule has 0 spiro atoms. The molecule has 0 aliphatic carbocycles. The Hall–Kier alpha value is -3.32. The number of carbonyl (C=O) groups excluding carboxylic acids is 2. The van der Waals surface area contributed by atoms with Crippen molar-refractivity contribution in [2.75, 3.05) is 33.8 Å². The summed E-state index contributed by atoms with van der Waals surface area (Å²) in [7, 11) is 4.03. The molecule has 3 rings (SSSR count). The molecule has 0 aromatic heterocycles. The smallest absolute Gasteiger partial charge is 0.295 e. The Bertz CT molecular complexity index is 980. The topological polar surface area (TPSA) is 94.3 Å². The van der Waals surface area contributed by atoms with Gasteiger partial charge in [-0.05, 0) is 41.8 Å². The number of nitrogens with zero attached hydrogens (tertiary/aromatic N) is 1. The average molecular weight is 439 g/mol. The minimum Gasteiger partial charge on any atom is -0.872 e. The van der Waals surface area contributed by atoms with Crippen LogP contribution in [0.15, 0.2) is 54.1 Å². The monoisotopic (exact) mass is 438 g/mol. The number of likely N-dealkylation sites (tertiary alicyclic amines) is 1. The van der Waals surface area contributed by atoms with Crippen LogP contribution in [0.3, 0.4) is 0 Å². The van der Waals surface area contributed by atoms with Crippen LogP contribution in [0.4, 0.5) is 0 Å². The molecule has 7 nitrogen and oxygen atoms in total. The van der Waals surface area contributed by atoms with Crippen LogP contribution in [-0.2, 0) is 9.59 Å². The highest BCUT2D eigenvalue weighted by Crippen LogP contribution is 2.39. The van der Waals surface area contributed by atoms with E-state index in [1.165, 1.54) is 21.9 Å². The zero-order chi connectivity index (χ0) is 23.3. The van der Waals surface area contributed by atoms with Crippen molar-refractivity contribution in [3.63, 3.8) is 0 Å². The minimum atomic E-state index is -0.781. The third kappa shape index (κ3) is 5.11. The molecule has 0 bridgehead atoms. The molecule has 1 aliphatic rings. The van der Waals surface area contributed by atoms with Crippen LogP contribution in [0.5, 0.6) is 11.5 Å². The highest BCUT2D eigenvalue weighted by molar-refractivity contribution is 6.46. The van der Waals surface area contributed by atoms with Gasteiger partial charge in [-0.3, -0.25) is 9.59 Å². The zero-order valence-electron chi connectivity index (χ0n) is 18.8. The van der Waals surface area contributed by atoms with Crippen LogP contribution in [-0.4, -0.2) is 55.5 Å². The van der Waals surface area contributed by atoms with Crippen LogP contribution in [0.1, 0.15) is 36.9 Å². The number of phenolic OH excluding ortho intramolecular Hbond substituents is 1. The predicted octanol–water partition coefficient (Wildman–Crippen LogP) is 0.940. The van der Waals surface area contributed by atoms with Gasteiger partial charge in [-0.2, -0.15) is 0 Å². The van der Waals surface area contributed by atoms with E-state index in [0.717, 1.165) is 13.0 Å². The van der Waals surface area contributed by atoms with Gasteiger partial charge in [0.05, 0.1) is 33.3 Å². The quantitative estimate of drug-likeness (QED) is 0.345. The molecule has 1 amide bonds. The van der Waals surface area contributed by atoms with Crippen LogP contribution in [0, 0.1) is 0 Å². The molecule has 1 aliphatic heterocycles. The molecule has 1 fully saturated rings. The Morgan fingerprint density at radius 2 is 1.75 bits per heavy atom. The minimum absolute atomic E-state index is 0.0554. The maximum atomic E-state index is 13.4. The second-order valence-electron chi connectivity index (χ2n) is 8.25. The van der Waals surface area contributed by atoms with E-state index in [1.807, 2.05) is 21.0 Å². The van der Waals surface area contributed by atoms with E-state index in [1.54, 1.807) is 36.4 Å². The number of amides is 1. The molecule has 1 saturated heterocycles. The molecule has 0 saturated carbocycles. The number of ether oxygens (including phenoxy) is 1. The molecule has 2 N–H and O–H groups in total. The molecule has 2 aromatic carbocycles. The number of rotatable bonds is 9. The molecule has 32 heavy (non-hydrogen) atoms. The Balaban J connectivity index is 2.01. The van der Waals surface area contributed by atoms with Crippen LogP contribution in [0.2, 0.25) is 0 Å². The highest BCUT2D eigenvalue weighted by atomic mass is 16.5. The van der Waals surface area contributed by atoms with Crippen molar-refractivity contribution in [2.24, 2.45) is 0 Å². The first-order valence-corrected chi connectivity index (χ1v) is 10.9. The summed E-state index contributed by atoms with van der Waals surface area (Å²) < 4.78 is 5.56. The number of hydrogen-bond acceptors (Lipinski definition) is 5. The van der Waals surface area contributed by atoms with Gasteiger partial charge in [0.25, 0.3) is 5.91 Å². The summed E-state index contributed by atoms with van der Waals surface area (Å²) in [5.74, 6) is -1.18. The van der Waals surface area contributed by atoms with Crippen molar-refractivity contribution >= 4 is 17.4 Å². The molecule has 7 heteroatoms. The number of Topliss-reactive ketones (excluding diaryl/α,β-unsaturated/α-hetero) is 1. The molecule has 2 aromatic rings. The van der Waals surface area contributed by atoms with E-state index in [4.69, 9.17) is 4.74 Å². The van der Waals surface area contributed by atoms with Gasteiger partial charge >= 0.3 is 0 Å². The first-order chi connectivity index (χ1) is 15.3. The van der Waals surface area contributed by atoms with Crippen molar-refractivity contribution in [1.82, 2.24) is 4.90 Å². The highest BCUT2D eigenvalue weighted by Gasteiger charge is 2.43. The first kappa shape index (κ1) is 23.3. The standard InChI is InChI=1S/C25H30N2O5/c1-4-16-32-20-12-8-18(9-13-20)23(29)21-22(17-6-10-19(28)11-7-17)27(25(31)24(21)30)15-5-14-26(2)3/h6-13,22,28-29H,4-5,14-16H2,1-3H3/b23-21+. The SMILES string of the molecule is CCCOc1ccc(/C([O-])=C2\C(=O)C(=O)N(CCC[NH+](C)C)C2c2ccc(O)cc2)cc1.